The minimum atomic E-state index is -4.57. The van der Waals surface area contributed by atoms with Crippen molar-refractivity contribution in [2.75, 3.05) is 0 Å². The summed E-state index contributed by atoms with van der Waals surface area (Å²) in [5.41, 5.74) is -0.434. The number of ether oxygens (including phenoxy) is 1. The molecular weight excluding hydrogens is 491 g/mol. The van der Waals surface area contributed by atoms with E-state index in [2.05, 4.69) is 4.98 Å². The van der Waals surface area contributed by atoms with Gasteiger partial charge in [-0.1, -0.05) is 45.9 Å². The summed E-state index contributed by atoms with van der Waals surface area (Å²) in [5.74, 6) is -2.08. The first kappa shape index (κ1) is 30.0. The summed E-state index contributed by atoms with van der Waals surface area (Å²) in [5, 5.41) is 13.3. The highest BCUT2D eigenvalue weighted by molar-refractivity contribution is 7.09. The molecule has 0 spiro atoms. The Morgan fingerprint density at radius 3 is 2.53 bits per heavy atom. The Bertz CT molecular complexity index is 1020. The van der Waals surface area contributed by atoms with Crippen LogP contribution in [0.1, 0.15) is 71.0 Å². The van der Waals surface area contributed by atoms with Crippen molar-refractivity contribution in [1.82, 2.24) is 4.98 Å². The van der Waals surface area contributed by atoms with Crippen LogP contribution in [0.15, 0.2) is 34.8 Å². The highest BCUT2D eigenvalue weighted by Gasteiger charge is 2.37. The largest absolute Gasteiger partial charge is 0.457 e. The molecule has 4 unspecified atom stereocenters. The number of alkyl halides is 3. The maximum absolute atomic E-state index is 13.7. The van der Waals surface area contributed by atoms with Crippen molar-refractivity contribution in [2.45, 2.75) is 85.6 Å². The minimum Gasteiger partial charge on any atom is -0.457 e. The van der Waals surface area contributed by atoms with Crippen LogP contribution >= 0.6 is 11.3 Å². The van der Waals surface area contributed by atoms with Gasteiger partial charge in [0.1, 0.15) is 11.9 Å². The maximum atomic E-state index is 13.7. The quantitative estimate of drug-likeness (QED) is 0.346. The third-order valence-corrected chi connectivity index (χ3v) is 7.39. The summed E-state index contributed by atoms with van der Waals surface area (Å²) < 4.78 is 46.8. The molecule has 2 rings (SSSR count). The zero-order valence-electron chi connectivity index (χ0n) is 21.7. The number of hydrogen-bond acceptors (Lipinski definition) is 6. The molecule has 0 bridgehead atoms. The minimum absolute atomic E-state index is 0.0769. The molecule has 2 heterocycles. The van der Waals surface area contributed by atoms with Crippen LogP contribution in [-0.4, -0.2) is 40.2 Å². The van der Waals surface area contributed by atoms with E-state index in [1.807, 2.05) is 12.3 Å². The number of hydrogen-bond donors (Lipinski definition) is 1. The monoisotopic (exact) mass is 527 g/mol. The van der Waals surface area contributed by atoms with Gasteiger partial charge in [-0.2, -0.15) is 13.2 Å². The molecule has 0 fully saturated rings. The molecule has 1 aliphatic rings. The number of esters is 1. The first-order chi connectivity index (χ1) is 16.6. The third kappa shape index (κ3) is 8.40. The number of aromatic nitrogens is 1. The van der Waals surface area contributed by atoms with Crippen LogP contribution in [0.25, 0.3) is 6.08 Å². The van der Waals surface area contributed by atoms with Crippen LogP contribution in [0.5, 0.6) is 0 Å². The fourth-order valence-electron chi connectivity index (χ4n) is 4.17. The Labute approximate surface area is 215 Å². The van der Waals surface area contributed by atoms with E-state index in [1.165, 1.54) is 23.5 Å². The van der Waals surface area contributed by atoms with Crippen LogP contribution in [0.4, 0.5) is 13.2 Å². The summed E-state index contributed by atoms with van der Waals surface area (Å²) in [6.07, 6.45) is -1.33. The van der Waals surface area contributed by atoms with Crippen LogP contribution < -0.4 is 0 Å². The lowest BCUT2D eigenvalue weighted by molar-refractivity contribution is -0.148. The predicted molar refractivity (Wildman–Crippen MR) is 135 cm³/mol. The second-order valence-electron chi connectivity index (χ2n) is 10.1. The number of carbonyl (C=O) groups is 2. The molecule has 0 radical (unpaired) electrons. The average molecular weight is 528 g/mol. The van der Waals surface area contributed by atoms with Crippen molar-refractivity contribution < 1.29 is 32.6 Å². The van der Waals surface area contributed by atoms with E-state index in [0.717, 1.165) is 11.1 Å². The number of Topliss-reactive ketones (excluding diaryl/α,β-unsaturated/α-hetero) is 1. The first-order valence-electron chi connectivity index (χ1n) is 12.1. The molecule has 0 saturated carbocycles. The van der Waals surface area contributed by atoms with E-state index in [0.29, 0.717) is 11.3 Å². The van der Waals surface area contributed by atoms with Gasteiger partial charge in [-0.05, 0) is 38.3 Å². The average Bonchev–Trinajstić information content (AvgIpc) is 3.20. The maximum Gasteiger partial charge on any atom is 0.412 e. The molecule has 0 aromatic carbocycles. The van der Waals surface area contributed by atoms with Gasteiger partial charge in [-0.15, -0.1) is 11.3 Å². The first-order valence-corrected chi connectivity index (χ1v) is 12.9. The van der Waals surface area contributed by atoms with E-state index in [4.69, 9.17) is 4.74 Å². The van der Waals surface area contributed by atoms with Crippen molar-refractivity contribution >= 4 is 29.2 Å². The van der Waals surface area contributed by atoms with Gasteiger partial charge >= 0.3 is 12.1 Å². The molecule has 0 aliphatic carbocycles. The normalized spacial score (nSPS) is 29.8. The topological polar surface area (TPSA) is 76.5 Å². The molecule has 4 atom stereocenters. The number of aliphatic hydroxyl groups excluding tert-OH is 1. The molecule has 1 aromatic rings. The van der Waals surface area contributed by atoms with Crippen molar-refractivity contribution in [3.8, 4) is 0 Å². The lowest BCUT2D eigenvalue weighted by Crippen LogP contribution is -2.38. The van der Waals surface area contributed by atoms with E-state index in [1.54, 1.807) is 40.7 Å². The highest BCUT2D eigenvalue weighted by Crippen LogP contribution is 2.33. The highest BCUT2D eigenvalue weighted by atomic mass is 32.1. The SMILES string of the molecule is CC(=Cc1csc(C)n1)C1C/C=C(/C(F)(F)F)C/C=C/C(C)C(O)C(C)C(=O)C(C)(C)CCC(=O)O1. The number of aliphatic hydroxyl groups is 1. The summed E-state index contributed by atoms with van der Waals surface area (Å²) >= 11 is 1.44. The zero-order valence-corrected chi connectivity index (χ0v) is 22.5. The molecule has 9 heteroatoms. The number of nitrogens with zero attached hydrogens (tertiary/aromatic N) is 1. The van der Waals surface area contributed by atoms with E-state index >= 15 is 0 Å². The smallest absolute Gasteiger partial charge is 0.412 e. The predicted octanol–water partition coefficient (Wildman–Crippen LogP) is 6.61. The Hall–Kier alpha value is -2.26. The number of rotatable bonds is 2. The van der Waals surface area contributed by atoms with E-state index in [-0.39, 0.29) is 25.0 Å². The standard InChI is InChI=1S/C27H36F3NO4S/c1-16-8-7-9-20(27(28,29)30)10-11-22(17(2)14-21-15-36-19(4)31-21)35-23(32)12-13-26(5,6)25(34)18(3)24(16)33/h7-8,10,14-16,18,22,24,33H,9,11-13H2,1-6H3/b8-7+,17-14?,20-10+. The van der Waals surface area contributed by atoms with Gasteiger partial charge in [0, 0.05) is 41.0 Å². The molecule has 36 heavy (non-hydrogen) atoms. The number of aryl methyl sites for hydroxylation is 1. The Morgan fingerprint density at radius 1 is 1.28 bits per heavy atom. The molecule has 1 aliphatic heterocycles. The van der Waals surface area contributed by atoms with Crippen LogP contribution in [0.3, 0.4) is 0 Å². The van der Waals surface area contributed by atoms with Crippen molar-refractivity contribution in [1.29, 1.82) is 0 Å². The van der Waals surface area contributed by atoms with Crippen LogP contribution in [0, 0.1) is 24.2 Å². The molecule has 200 valence electrons. The molecular formula is C27H36F3NO4S. The number of thiazole rings is 1. The summed E-state index contributed by atoms with van der Waals surface area (Å²) in [4.78, 5) is 30.2. The van der Waals surface area contributed by atoms with E-state index < -0.39 is 53.6 Å². The number of allylic oxidation sites excluding steroid dienone is 2. The molecule has 5 nitrogen and oxygen atoms in total. The second-order valence-corrected chi connectivity index (χ2v) is 11.2. The number of cyclic esters (lactones) is 1. The van der Waals surface area contributed by atoms with Crippen molar-refractivity contribution in [3.63, 3.8) is 0 Å². The van der Waals surface area contributed by atoms with Crippen molar-refractivity contribution in [3.05, 3.63) is 45.5 Å². The van der Waals surface area contributed by atoms with Gasteiger partial charge < -0.3 is 9.84 Å². The Kier molecular flexibility index (Phi) is 10.3. The number of halogens is 3. The fourth-order valence-corrected chi connectivity index (χ4v) is 4.74. The Balaban J connectivity index is 2.45. The lowest BCUT2D eigenvalue weighted by Gasteiger charge is -2.30. The summed E-state index contributed by atoms with van der Waals surface area (Å²) in [6.45, 7) is 10.3. The molecule has 1 N–H and O–H groups in total. The number of ketones is 1. The van der Waals surface area contributed by atoms with Gasteiger partial charge in [-0.25, -0.2) is 4.98 Å². The van der Waals surface area contributed by atoms with Gasteiger partial charge in [0.2, 0.25) is 0 Å². The number of carbonyl (C=O) groups excluding carboxylic acids is 2. The Morgan fingerprint density at radius 2 is 1.94 bits per heavy atom. The molecule has 0 amide bonds. The summed E-state index contributed by atoms with van der Waals surface area (Å²) in [6, 6.07) is 0. The van der Waals surface area contributed by atoms with E-state index in [9.17, 15) is 27.9 Å². The van der Waals surface area contributed by atoms with Crippen LogP contribution in [-0.2, 0) is 14.3 Å². The molecule has 0 saturated heterocycles. The van der Waals surface area contributed by atoms with Crippen molar-refractivity contribution in [2.24, 2.45) is 17.3 Å². The fraction of sp³-hybridized carbons (Fsp3) is 0.593. The lowest BCUT2D eigenvalue weighted by atomic mass is 9.75. The van der Waals surface area contributed by atoms with Gasteiger partial charge in [-0.3, -0.25) is 9.59 Å². The van der Waals surface area contributed by atoms with Gasteiger partial charge in [0.25, 0.3) is 0 Å². The molecule has 1 aromatic heterocycles. The zero-order chi connectivity index (χ0) is 27.3. The second kappa shape index (κ2) is 12.3. The van der Waals surface area contributed by atoms with Gasteiger partial charge in [0.15, 0.2) is 0 Å². The summed E-state index contributed by atoms with van der Waals surface area (Å²) in [7, 11) is 0. The van der Waals surface area contributed by atoms with Gasteiger partial charge in [0.05, 0.1) is 16.8 Å². The van der Waals surface area contributed by atoms with Crippen LogP contribution in [0.2, 0.25) is 0 Å². The third-order valence-electron chi connectivity index (χ3n) is 6.60.